The van der Waals surface area contributed by atoms with Gasteiger partial charge in [0.05, 0.1) is 25.3 Å². The zero-order chi connectivity index (χ0) is 24.6. The average Bonchev–Trinajstić information content (AvgIpc) is 3.54. The molecule has 2 aliphatic rings. The van der Waals surface area contributed by atoms with E-state index in [2.05, 4.69) is 25.4 Å². The number of aromatic amines is 1. The van der Waals surface area contributed by atoms with Crippen molar-refractivity contribution in [3.63, 3.8) is 0 Å². The Kier molecular flexibility index (Phi) is 5.78. The molecule has 0 spiro atoms. The van der Waals surface area contributed by atoms with Crippen molar-refractivity contribution in [3.05, 3.63) is 69.8 Å². The molecule has 4 aromatic rings. The normalized spacial score (nSPS) is 16.9. The lowest BCUT2D eigenvalue weighted by atomic mass is 9.99. The van der Waals surface area contributed by atoms with E-state index in [1.54, 1.807) is 17.9 Å². The number of tetrazole rings is 1. The number of nitrogens with zero attached hydrogens (tertiary/aromatic N) is 5. The SMILES string of the molecule is COc1ccc(Cn2nnnc2C(c2cc3cc4c(cc3[nH]c2=O)OCO4)N2CCC(O)CC2)cc1. The Morgan fingerprint density at radius 2 is 1.89 bits per heavy atom. The van der Waals surface area contributed by atoms with Crippen LogP contribution in [0.4, 0.5) is 0 Å². The number of ether oxygens (including phenoxy) is 3. The van der Waals surface area contributed by atoms with E-state index in [9.17, 15) is 9.90 Å². The smallest absolute Gasteiger partial charge is 0.253 e. The Morgan fingerprint density at radius 3 is 2.64 bits per heavy atom. The second-order valence-electron chi connectivity index (χ2n) is 9.06. The Bertz CT molecular complexity index is 1440. The second-order valence-corrected chi connectivity index (χ2v) is 9.06. The third-order valence-electron chi connectivity index (χ3n) is 6.82. The van der Waals surface area contributed by atoms with Gasteiger partial charge in [0.1, 0.15) is 11.8 Å². The molecule has 0 bridgehead atoms. The van der Waals surface area contributed by atoms with Crippen LogP contribution in [0.2, 0.25) is 0 Å². The molecular weight excluding hydrogens is 464 g/mol. The lowest BCUT2D eigenvalue weighted by molar-refractivity contribution is 0.0659. The van der Waals surface area contributed by atoms with Gasteiger partial charge < -0.3 is 24.3 Å². The molecule has 0 saturated carbocycles. The van der Waals surface area contributed by atoms with Crippen LogP contribution in [-0.4, -0.2) is 68.3 Å². The maximum absolute atomic E-state index is 13.4. The molecule has 2 N–H and O–H groups in total. The van der Waals surface area contributed by atoms with Gasteiger partial charge in [-0.3, -0.25) is 9.69 Å². The summed E-state index contributed by atoms with van der Waals surface area (Å²) in [6.45, 7) is 1.81. The summed E-state index contributed by atoms with van der Waals surface area (Å²) in [5, 5.41) is 23.5. The summed E-state index contributed by atoms with van der Waals surface area (Å²) in [6.07, 6.45) is 0.869. The molecule has 186 valence electrons. The highest BCUT2D eigenvalue weighted by Crippen LogP contribution is 2.36. The summed E-state index contributed by atoms with van der Waals surface area (Å²) in [6, 6.07) is 12.7. The van der Waals surface area contributed by atoms with Crippen LogP contribution >= 0.6 is 0 Å². The maximum Gasteiger partial charge on any atom is 0.253 e. The van der Waals surface area contributed by atoms with Crippen molar-refractivity contribution < 1.29 is 19.3 Å². The third kappa shape index (κ3) is 4.16. The molecule has 36 heavy (non-hydrogen) atoms. The van der Waals surface area contributed by atoms with E-state index < -0.39 is 6.04 Å². The van der Waals surface area contributed by atoms with E-state index in [-0.39, 0.29) is 18.5 Å². The number of nitrogens with one attached hydrogen (secondary N) is 1. The lowest BCUT2D eigenvalue weighted by Gasteiger charge is -2.35. The van der Waals surface area contributed by atoms with Crippen molar-refractivity contribution in [3.8, 4) is 17.2 Å². The Labute approximate surface area is 206 Å². The molecule has 6 rings (SSSR count). The molecule has 1 unspecified atom stereocenters. The highest BCUT2D eigenvalue weighted by Gasteiger charge is 2.33. The fourth-order valence-corrected chi connectivity index (χ4v) is 4.88. The van der Waals surface area contributed by atoms with E-state index >= 15 is 0 Å². The number of aliphatic hydroxyl groups excluding tert-OH is 1. The van der Waals surface area contributed by atoms with Gasteiger partial charge in [-0.15, -0.1) is 5.10 Å². The van der Waals surface area contributed by atoms with E-state index in [1.165, 1.54) is 0 Å². The van der Waals surface area contributed by atoms with Crippen LogP contribution in [-0.2, 0) is 6.54 Å². The predicted molar refractivity (Wildman–Crippen MR) is 129 cm³/mol. The summed E-state index contributed by atoms with van der Waals surface area (Å²) in [5.74, 6) is 2.58. The quantitative estimate of drug-likeness (QED) is 0.416. The number of piperidine rings is 1. The molecule has 1 fully saturated rings. The lowest BCUT2D eigenvalue weighted by Crippen LogP contribution is -2.41. The number of methoxy groups -OCH3 is 1. The van der Waals surface area contributed by atoms with Crippen LogP contribution in [0.15, 0.2) is 47.3 Å². The number of aromatic nitrogens is 5. The Morgan fingerprint density at radius 1 is 1.14 bits per heavy atom. The van der Waals surface area contributed by atoms with Gasteiger partial charge in [0, 0.05) is 30.1 Å². The topological polar surface area (TPSA) is 128 Å². The summed E-state index contributed by atoms with van der Waals surface area (Å²) >= 11 is 0. The van der Waals surface area contributed by atoms with Crippen LogP contribution in [0.1, 0.15) is 35.8 Å². The summed E-state index contributed by atoms with van der Waals surface area (Å²) in [5.41, 5.74) is 1.97. The number of rotatable bonds is 6. The molecule has 2 aliphatic heterocycles. The minimum Gasteiger partial charge on any atom is -0.497 e. The molecule has 11 heteroatoms. The van der Waals surface area contributed by atoms with Crippen LogP contribution < -0.4 is 19.8 Å². The minimum absolute atomic E-state index is 0.154. The first kappa shape index (κ1) is 22.5. The maximum atomic E-state index is 13.4. The number of benzene rings is 2. The number of pyridine rings is 1. The van der Waals surface area contributed by atoms with Gasteiger partial charge in [-0.25, -0.2) is 4.68 Å². The van der Waals surface area contributed by atoms with Crippen molar-refractivity contribution in [2.45, 2.75) is 31.5 Å². The summed E-state index contributed by atoms with van der Waals surface area (Å²) in [7, 11) is 1.63. The van der Waals surface area contributed by atoms with Crippen molar-refractivity contribution in [1.82, 2.24) is 30.1 Å². The second kappa shape index (κ2) is 9.25. The Balaban J connectivity index is 1.43. The van der Waals surface area contributed by atoms with Crippen LogP contribution in [0.5, 0.6) is 17.2 Å². The average molecular weight is 491 g/mol. The van der Waals surface area contributed by atoms with Crippen LogP contribution in [0.25, 0.3) is 10.9 Å². The fourth-order valence-electron chi connectivity index (χ4n) is 4.88. The molecule has 1 atom stereocenters. The molecule has 0 amide bonds. The van der Waals surface area contributed by atoms with Gasteiger partial charge in [0.2, 0.25) is 6.79 Å². The van der Waals surface area contributed by atoms with Crippen molar-refractivity contribution >= 4 is 10.9 Å². The highest BCUT2D eigenvalue weighted by atomic mass is 16.7. The van der Waals surface area contributed by atoms with E-state index in [0.717, 1.165) is 16.7 Å². The largest absolute Gasteiger partial charge is 0.497 e. The van der Waals surface area contributed by atoms with Crippen molar-refractivity contribution in [1.29, 1.82) is 0 Å². The zero-order valence-corrected chi connectivity index (χ0v) is 19.8. The number of hydrogen-bond acceptors (Lipinski definition) is 9. The molecule has 4 heterocycles. The van der Waals surface area contributed by atoms with E-state index in [1.807, 2.05) is 36.4 Å². The number of H-pyrrole nitrogens is 1. The number of fused-ring (bicyclic) bond motifs is 2. The first-order valence-corrected chi connectivity index (χ1v) is 11.9. The number of likely N-dealkylation sites (tertiary alicyclic amines) is 1. The molecule has 1 saturated heterocycles. The van der Waals surface area contributed by atoms with Crippen LogP contribution in [0, 0.1) is 0 Å². The molecule has 2 aromatic heterocycles. The minimum atomic E-state index is -0.496. The first-order chi connectivity index (χ1) is 17.6. The molecule has 2 aromatic carbocycles. The van der Waals surface area contributed by atoms with Gasteiger partial charge in [-0.05, 0) is 53.1 Å². The molecule has 0 aliphatic carbocycles. The van der Waals surface area contributed by atoms with Gasteiger partial charge in [0.15, 0.2) is 17.3 Å². The number of aliphatic hydroxyl groups is 1. The van der Waals surface area contributed by atoms with Gasteiger partial charge in [-0.2, -0.15) is 0 Å². The standard InChI is InChI=1S/C25H26N6O5/c1-34-18-4-2-15(3-5-18)13-31-24(27-28-29-31)23(30-8-6-17(32)7-9-30)19-10-16-11-21-22(36-14-35-21)12-20(16)26-25(19)33/h2-5,10-12,17,23,32H,6-9,13-14H2,1H3,(H,26,33). The van der Waals surface area contributed by atoms with Gasteiger partial charge in [-0.1, -0.05) is 12.1 Å². The summed E-state index contributed by atoms with van der Waals surface area (Å²) in [4.78, 5) is 18.6. The Hall–Kier alpha value is -3.96. The molecular formula is C25H26N6O5. The van der Waals surface area contributed by atoms with Crippen LogP contribution in [0.3, 0.4) is 0 Å². The first-order valence-electron chi connectivity index (χ1n) is 11.9. The zero-order valence-electron chi connectivity index (χ0n) is 19.8. The van der Waals surface area contributed by atoms with Crippen molar-refractivity contribution in [2.75, 3.05) is 27.0 Å². The van der Waals surface area contributed by atoms with Crippen molar-refractivity contribution in [2.24, 2.45) is 0 Å². The summed E-state index contributed by atoms with van der Waals surface area (Å²) < 4.78 is 18.0. The van der Waals surface area contributed by atoms with E-state index in [4.69, 9.17) is 14.2 Å². The van der Waals surface area contributed by atoms with E-state index in [0.29, 0.717) is 60.9 Å². The predicted octanol–water partition coefficient (Wildman–Crippen LogP) is 1.85. The fraction of sp³-hybridized carbons (Fsp3) is 0.360. The van der Waals surface area contributed by atoms with Gasteiger partial charge >= 0.3 is 0 Å². The van der Waals surface area contributed by atoms with Gasteiger partial charge in [0.25, 0.3) is 5.56 Å². The third-order valence-corrected chi connectivity index (χ3v) is 6.82. The molecule has 11 nitrogen and oxygen atoms in total. The molecule has 0 radical (unpaired) electrons. The highest BCUT2D eigenvalue weighted by molar-refractivity contribution is 5.83. The number of hydrogen-bond donors (Lipinski definition) is 2. The monoisotopic (exact) mass is 490 g/mol.